The minimum Gasteiger partial charge on any atom is -0.469 e. The largest absolute Gasteiger partial charge is 0.469 e. The molecule has 1 aliphatic heterocycles. The van der Waals surface area contributed by atoms with Crippen LogP contribution in [-0.4, -0.2) is 63.4 Å². The second-order valence-electron chi connectivity index (χ2n) is 4.89. The van der Waals surface area contributed by atoms with Crippen LogP contribution in [0.4, 0.5) is 0 Å². The first kappa shape index (κ1) is 16.9. The molecule has 0 spiro atoms. The minimum atomic E-state index is -0.311. The molecule has 0 radical (unpaired) electrons. The Balaban J connectivity index is 2.42. The number of hydrogen-bond acceptors (Lipinski definition) is 5. The van der Waals surface area contributed by atoms with Gasteiger partial charge in [-0.15, -0.1) is 0 Å². The molecule has 1 unspecified atom stereocenters. The van der Waals surface area contributed by atoms with E-state index < -0.39 is 0 Å². The van der Waals surface area contributed by atoms with E-state index in [-0.39, 0.29) is 24.4 Å². The van der Waals surface area contributed by atoms with Crippen molar-refractivity contribution in [1.29, 1.82) is 0 Å². The SMILES string of the molecule is COCCN(CCC(=O)OC)C(=O)CC1CCCCO1. The fourth-order valence-corrected chi connectivity index (χ4v) is 2.18. The van der Waals surface area contributed by atoms with Crippen LogP contribution in [0, 0.1) is 0 Å². The van der Waals surface area contributed by atoms with E-state index in [9.17, 15) is 9.59 Å². The highest BCUT2D eigenvalue weighted by Crippen LogP contribution is 2.16. The molecule has 1 saturated heterocycles. The zero-order valence-corrected chi connectivity index (χ0v) is 12.4. The third-order valence-electron chi connectivity index (χ3n) is 3.41. The number of rotatable bonds is 8. The number of ether oxygens (including phenoxy) is 3. The Morgan fingerprint density at radius 1 is 1.25 bits per heavy atom. The number of esters is 1. The number of methoxy groups -OCH3 is 2. The van der Waals surface area contributed by atoms with E-state index in [1.54, 1.807) is 12.0 Å². The Hall–Kier alpha value is -1.14. The lowest BCUT2D eigenvalue weighted by Gasteiger charge is -2.27. The zero-order chi connectivity index (χ0) is 14.8. The van der Waals surface area contributed by atoms with Crippen LogP contribution in [0.3, 0.4) is 0 Å². The van der Waals surface area contributed by atoms with Crippen LogP contribution in [0.5, 0.6) is 0 Å². The minimum absolute atomic E-state index is 0.0119. The molecule has 0 aromatic rings. The third kappa shape index (κ3) is 6.34. The molecule has 1 atom stereocenters. The molecular weight excluding hydrogens is 262 g/mol. The van der Waals surface area contributed by atoms with Crippen LogP contribution in [0.1, 0.15) is 32.1 Å². The zero-order valence-electron chi connectivity index (χ0n) is 12.4. The maximum Gasteiger partial charge on any atom is 0.307 e. The molecule has 0 N–H and O–H groups in total. The maximum absolute atomic E-state index is 12.3. The summed E-state index contributed by atoms with van der Waals surface area (Å²) in [6.07, 6.45) is 3.71. The fourth-order valence-electron chi connectivity index (χ4n) is 2.18. The van der Waals surface area contributed by atoms with Gasteiger partial charge in [0.15, 0.2) is 0 Å². The van der Waals surface area contributed by atoms with Crippen LogP contribution >= 0.6 is 0 Å². The summed E-state index contributed by atoms with van der Waals surface area (Å²) >= 11 is 0. The molecule has 20 heavy (non-hydrogen) atoms. The van der Waals surface area contributed by atoms with E-state index in [1.807, 2.05) is 0 Å². The van der Waals surface area contributed by atoms with Crippen molar-refractivity contribution >= 4 is 11.9 Å². The van der Waals surface area contributed by atoms with Gasteiger partial charge in [-0.2, -0.15) is 0 Å². The highest BCUT2D eigenvalue weighted by atomic mass is 16.5. The smallest absolute Gasteiger partial charge is 0.307 e. The lowest BCUT2D eigenvalue weighted by atomic mass is 10.1. The molecule has 0 aliphatic carbocycles. The van der Waals surface area contributed by atoms with Gasteiger partial charge in [-0.05, 0) is 19.3 Å². The predicted molar refractivity (Wildman–Crippen MR) is 73.3 cm³/mol. The molecule has 1 aliphatic rings. The molecule has 0 bridgehead atoms. The van der Waals surface area contributed by atoms with Gasteiger partial charge < -0.3 is 19.1 Å². The topological polar surface area (TPSA) is 65.1 Å². The van der Waals surface area contributed by atoms with Crippen LogP contribution in [0.2, 0.25) is 0 Å². The average molecular weight is 287 g/mol. The molecule has 1 rings (SSSR count). The highest BCUT2D eigenvalue weighted by Gasteiger charge is 2.22. The lowest BCUT2D eigenvalue weighted by Crippen LogP contribution is -2.38. The van der Waals surface area contributed by atoms with Crippen molar-refractivity contribution in [3.63, 3.8) is 0 Å². The molecule has 6 nitrogen and oxygen atoms in total. The number of amides is 1. The summed E-state index contributed by atoms with van der Waals surface area (Å²) in [5, 5.41) is 0. The molecule has 0 aromatic carbocycles. The summed E-state index contributed by atoms with van der Waals surface area (Å²) in [6, 6.07) is 0. The Morgan fingerprint density at radius 2 is 2.05 bits per heavy atom. The second kappa shape index (κ2) is 9.72. The van der Waals surface area contributed by atoms with Gasteiger partial charge in [0, 0.05) is 26.8 Å². The van der Waals surface area contributed by atoms with Crippen LogP contribution < -0.4 is 0 Å². The molecular formula is C14H25NO5. The fraction of sp³-hybridized carbons (Fsp3) is 0.857. The molecule has 0 aromatic heterocycles. The summed E-state index contributed by atoms with van der Waals surface area (Å²) in [6.45, 7) is 2.04. The van der Waals surface area contributed by atoms with E-state index in [1.165, 1.54) is 7.11 Å². The Bertz CT molecular complexity index is 302. The molecule has 1 fully saturated rings. The number of hydrogen-bond donors (Lipinski definition) is 0. The van der Waals surface area contributed by atoms with Crippen molar-refractivity contribution in [1.82, 2.24) is 4.90 Å². The standard InChI is InChI=1S/C14H25NO5/c1-18-10-8-15(7-6-14(17)19-2)13(16)11-12-5-3-4-9-20-12/h12H,3-11H2,1-2H3. The van der Waals surface area contributed by atoms with Crippen LogP contribution in [0.25, 0.3) is 0 Å². The quantitative estimate of drug-likeness (QED) is 0.623. The summed E-state index contributed by atoms with van der Waals surface area (Å²) in [5.74, 6) is -0.299. The first-order valence-corrected chi connectivity index (χ1v) is 7.12. The van der Waals surface area contributed by atoms with Gasteiger partial charge in [-0.3, -0.25) is 9.59 Å². The number of carbonyl (C=O) groups excluding carboxylic acids is 2. The van der Waals surface area contributed by atoms with Gasteiger partial charge in [-0.1, -0.05) is 0 Å². The summed E-state index contributed by atoms with van der Waals surface area (Å²) in [7, 11) is 2.94. The van der Waals surface area contributed by atoms with Crippen molar-refractivity contribution in [3.05, 3.63) is 0 Å². The van der Waals surface area contributed by atoms with Gasteiger partial charge in [-0.25, -0.2) is 0 Å². The van der Waals surface area contributed by atoms with E-state index >= 15 is 0 Å². The third-order valence-corrected chi connectivity index (χ3v) is 3.41. The van der Waals surface area contributed by atoms with Crippen LogP contribution in [0.15, 0.2) is 0 Å². The average Bonchev–Trinajstić information content (AvgIpc) is 2.47. The van der Waals surface area contributed by atoms with Gasteiger partial charge in [0.05, 0.1) is 32.7 Å². The number of nitrogens with zero attached hydrogens (tertiary/aromatic N) is 1. The van der Waals surface area contributed by atoms with E-state index in [2.05, 4.69) is 4.74 Å². The molecule has 116 valence electrons. The molecule has 6 heteroatoms. The Kier molecular flexibility index (Phi) is 8.22. The predicted octanol–water partition coefficient (Wildman–Crippen LogP) is 0.984. The van der Waals surface area contributed by atoms with E-state index in [0.717, 1.165) is 25.9 Å². The van der Waals surface area contributed by atoms with Gasteiger partial charge >= 0.3 is 5.97 Å². The first-order chi connectivity index (χ1) is 9.67. The van der Waals surface area contributed by atoms with E-state index in [0.29, 0.717) is 26.1 Å². The van der Waals surface area contributed by atoms with Crippen LogP contribution in [-0.2, 0) is 23.8 Å². The first-order valence-electron chi connectivity index (χ1n) is 7.12. The van der Waals surface area contributed by atoms with Crippen molar-refractivity contribution in [2.75, 3.05) is 40.5 Å². The van der Waals surface area contributed by atoms with Gasteiger partial charge in [0.2, 0.25) is 5.91 Å². The molecule has 1 amide bonds. The Morgan fingerprint density at radius 3 is 2.65 bits per heavy atom. The van der Waals surface area contributed by atoms with Crippen molar-refractivity contribution in [2.24, 2.45) is 0 Å². The molecule has 0 saturated carbocycles. The highest BCUT2D eigenvalue weighted by molar-refractivity contribution is 5.77. The van der Waals surface area contributed by atoms with E-state index in [4.69, 9.17) is 9.47 Å². The van der Waals surface area contributed by atoms with Crippen molar-refractivity contribution in [2.45, 2.75) is 38.2 Å². The number of carbonyl (C=O) groups is 2. The second-order valence-corrected chi connectivity index (χ2v) is 4.89. The van der Waals surface area contributed by atoms with Gasteiger partial charge in [0.1, 0.15) is 0 Å². The summed E-state index contributed by atoms with van der Waals surface area (Å²) in [4.78, 5) is 25.1. The maximum atomic E-state index is 12.3. The van der Waals surface area contributed by atoms with Crippen molar-refractivity contribution in [3.8, 4) is 0 Å². The monoisotopic (exact) mass is 287 g/mol. The van der Waals surface area contributed by atoms with Crippen molar-refractivity contribution < 1.29 is 23.8 Å². The summed E-state index contributed by atoms with van der Waals surface area (Å²) in [5.41, 5.74) is 0. The lowest BCUT2D eigenvalue weighted by molar-refractivity contribution is -0.142. The molecule has 1 heterocycles. The Labute approximate surface area is 120 Å². The summed E-state index contributed by atoms with van der Waals surface area (Å²) < 4.78 is 15.2. The normalized spacial score (nSPS) is 18.6. The van der Waals surface area contributed by atoms with Gasteiger partial charge in [0.25, 0.3) is 0 Å².